The molecule has 1 aliphatic heterocycles. The van der Waals surface area contributed by atoms with Crippen LogP contribution in [0.1, 0.15) is 28.9 Å². The first-order valence-electron chi connectivity index (χ1n) is 9.51. The lowest BCUT2D eigenvalue weighted by Gasteiger charge is -2.15. The number of nitrogens with zero attached hydrogens (tertiary/aromatic N) is 2. The molecular formula is C20H24BN3O5. The highest BCUT2D eigenvalue weighted by atomic mass is 16.5. The molecule has 1 amide bonds. The first-order chi connectivity index (χ1) is 14.1. The molecule has 2 heterocycles. The van der Waals surface area contributed by atoms with Gasteiger partial charge in [-0.1, -0.05) is 12.1 Å². The molecule has 9 heteroatoms. The molecule has 1 saturated heterocycles. The fraction of sp³-hybridized carbons (Fsp3) is 0.400. The van der Waals surface area contributed by atoms with Gasteiger partial charge >= 0.3 is 14.0 Å². The summed E-state index contributed by atoms with van der Waals surface area (Å²) in [6.07, 6.45) is 3.51. The molecule has 152 valence electrons. The van der Waals surface area contributed by atoms with Crippen LogP contribution in [0.5, 0.6) is 17.2 Å². The standard InChI is InChI=1S/C20H24BN3O5/c1-27-16-6-4-15(5-7-16)14-28-19-13-24(26)17(12-18(19)29-21)20(25)22-8-11-23-9-2-3-10-23/h4-7,12-13H,2-3,8-11,14H2,1H3,(H,22,25). The van der Waals surface area contributed by atoms with E-state index in [1.165, 1.54) is 18.9 Å². The molecule has 0 saturated carbocycles. The van der Waals surface area contributed by atoms with E-state index in [2.05, 4.69) is 10.2 Å². The van der Waals surface area contributed by atoms with Crippen molar-refractivity contribution in [3.05, 3.63) is 53.0 Å². The molecule has 2 aromatic rings. The van der Waals surface area contributed by atoms with Crippen molar-refractivity contribution in [2.45, 2.75) is 19.4 Å². The summed E-state index contributed by atoms with van der Waals surface area (Å²) in [5, 5.41) is 15.1. The SMILES string of the molecule is [B]Oc1cc(C(=O)NCCN2CCCC2)[n+]([O-])cc1OCc1ccc(OC)cc1. The summed E-state index contributed by atoms with van der Waals surface area (Å²) in [6.45, 7) is 3.51. The van der Waals surface area contributed by atoms with E-state index in [1.807, 2.05) is 24.3 Å². The normalized spacial score (nSPS) is 13.8. The number of ether oxygens (including phenoxy) is 2. The Balaban J connectivity index is 1.61. The van der Waals surface area contributed by atoms with Gasteiger partial charge in [0.25, 0.3) is 5.69 Å². The maximum Gasteiger partial charge on any atom is 0.374 e. The Morgan fingerprint density at radius 1 is 1.24 bits per heavy atom. The van der Waals surface area contributed by atoms with Crippen LogP contribution in [-0.4, -0.2) is 52.1 Å². The van der Waals surface area contributed by atoms with Crippen LogP contribution in [0, 0.1) is 5.21 Å². The van der Waals surface area contributed by atoms with Gasteiger partial charge in [-0.05, 0) is 43.6 Å². The third kappa shape index (κ3) is 5.54. The number of aromatic nitrogens is 1. The zero-order chi connectivity index (χ0) is 20.6. The number of pyridine rings is 1. The average molecular weight is 397 g/mol. The molecule has 29 heavy (non-hydrogen) atoms. The van der Waals surface area contributed by atoms with Crippen LogP contribution in [0.2, 0.25) is 0 Å². The second-order valence-electron chi connectivity index (χ2n) is 6.77. The van der Waals surface area contributed by atoms with Crippen molar-refractivity contribution in [2.24, 2.45) is 0 Å². The third-order valence-corrected chi connectivity index (χ3v) is 4.81. The molecule has 2 radical (unpaired) electrons. The van der Waals surface area contributed by atoms with Gasteiger partial charge in [0, 0.05) is 13.1 Å². The topological polar surface area (TPSA) is 87.0 Å². The Bertz CT molecular complexity index is 826. The number of benzene rings is 1. The summed E-state index contributed by atoms with van der Waals surface area (Å²) in [7, 11) is 6.90. The van der Waals surface area contributed by atoms with Crippen molar-refractivity contribution in [3.63, 3.8) is 0 Å². The molecule has 0 aliphatic carbocycles. The van der Waals surface area contributed by atoms with E-state index in [1.54, 1.807) is 7.11 Å². The van der Waals surface area contributed by atoms with Gasteiger partial charge in [0.2, 0.25) is 11.9 Å². The number of hydrogen-bond donors (Lipinski definition) is 1. The molecule has 1 aromatic heterocycles. The number of methoxy groups -OCH3 is 1. The number of likely N-dealkylation sites (tertiary alicyclic amines) is 1. The lowest BCUT2D eigenvalue weighted by Crippen LogP contribution is -2.41. The van der Waals surface area contributed by atoms with Gasteiger partial charge in [-0.25, -0.2) is 0 Å². The highest BCUT2D eigenvalue weighted by molar-refractivity contribution is 6.00. The van der Waals surface area contributed by atoms with Crippen molar-refractivity contribution < 1.29 is 23.7 Å². The Morgan fingerprint density at radius 2 is 1.97 bits per heavy atom. The van der Waals surface area contributed by atoms with E-state index >= 15 is 0 Å². The Hall–Kier alpha value is -2.94. The average Bonchev–Trinajstić information content (AvgIpc) is 3.26. The number of carbonyl (C=O) groups excluding carboxylic acids is 1. The summed E-state index contributed by atoms with van der Waals surface area (Å²) in [5.41, 5.74) is 0.763. The second-order valence-corrected chi connectivity index (χ2v) is 6.77. The molecule has 1 fully saturated rings. The Morgan fingerprint density at radius 3 is 2.62 bits per heavy atom. The van der Waals surface area contributed by atoms with E-state index < -0.39 is 5.91 Å². The molecule has 1 aliphatic rings. The van der Waals surface area contributed by atoms with Gasteiger partial charge in [-0.15, -0.1) is 0 Å². The van der Waals surface area contributed by atoms with E-state index in [9.17, 15) is 10.0 Å². The maximum atomic E-state index is 12.4. The van der Waals surface area contributed by atoms with E-state index in [4.69, 9.17) is 22.2 Å². The van der Waals surface area contributed by atoms with Gasteiger partial charge in [0.05, 0.1) is 13.2 Å². The largest absolute Gasteiger partial charge is 0.618 e. The van der Waals surface area contributed by atoms with Crippen LogP contribution >= 0.6 is 0 Å². The number of carbonyl (C=O) groups is 1. The molecule has 0 bridgehead atoms. The van der Waals surface area contributed by atoms with Crippen LogP contribution in [-0.2, 0) is 6.61 Å². The fourth-order valence-corrected chi connectivity index (χ4v) is 3.17. The van der Waals surface area contributed by atoms with Gasteiger partial charge < -0.3 is 29.6 Å². The molecule has 0 unspecified atom stereocenters. The van der Waals surface area contributed by atoms with Crippen molar-refractivity contribution in [1.82, 2.24) is 10.2 Å². The molecule has 8 nitrogen and oxygen atoms in total. The van der Waals surface area contributed by atoms with Crippen molar-refractivity contribution in [1.29, 1.82) is 0 Å². The Kier molecular flexibility index (Phi) is 7.18. The second kappa shape index (κ2) is 10.0. The minimum Gasteiger partial charge on any atom is -0.618 e. The molecule has 1 N–H and O–H groups in total. The first kappa shape index (κ1) is 20.8. The van der Waals surface area contributed by atoms with Gasteiger partial charge in [0.1, 0.15) is 12.4 Å². The van der Waals surface area contributed by atoms with Crippen molar-refractivity contribution in [2.75, 3.05) is 33.3 Å². The Labute approximate surface area is 171 Å². The predicted octanol–water partition coefficient (Wildman–Crippen LogP) is 1.20. The smallest absolute Gasteiger partial charge is 0.374 e. The van der Waals surface area contributed by atoms with E-state index in [-0.39, 0.29) is 23.8 Å². The van der Waals surface area contributed by atoms with Crippen molar-refractivity contribution in [3.8, 4) is 17.2 Å². The van der Waals surface area contributed by atoms with Crippen LogP contribution in [0.15, 0.2) is 36.5 Å². The predicted molar refractivity (Wildman–Crippen MR) is 107 cm³/mol. The quantitative estimate of drug-likeness (QED) is 0.389. The third-order valence-electron chi connectivity index (χ3n) is 4.81. The van der Waals surface area contributed by atoms with E-state index in [0.717, 1.165) is 37.1 Å². The maximum absolute atomic E-state index is 12.4. The minimum absolute atomic E-state index is 0.107. The van der Waals surface area contributed by atoms with Gasteiger partial charge in [-0.3, -0.25) is 4.79 Å². The highest BCUT2D eigenvalue weighted by Crippen LogP contribution is 2.26. The lowest BCUT2D eigenvalue weighted by atomic mass is 10.2. The molecular weight excluding hydrogens is 373 g/mol. The summed E-state index contributed by atoms with van der Waals surface area (Å²) < 4.78 is 16.0. The molecule has 1 aromatic carbocycles. The van der Waals surface area contributed by atoms with Crippen LogP contribution < -0.4 is 24.2 Å². The molecule has 0 spiro atoms. The zero-order valence-corrected chi connectivity index (χ0v) is 16.4. The number of rotatable bonds is 9. The van der Waals surface area contributed by atoms with Crippen LogP contribution in [0.3, 0.4) is 0 Å². The summed E-state index contributed by atoms with van der Waals surface area (Å²) in [4.78, 5) is 14.6. The summed E-state index contributed by atoms with van der Waals surface area (Å²) >= 11 is 0. The number of amides is 1. The fourth-order valence-electron chi connectivity index (χ4n) is 3.17. The highest BCUT2D eigenvalue weighted by Gasteiger charge is 2.21. The van der Waals surface area contributed by atoms with E-state index in [0.29, 0.717) is 11.3 Å². The zero-order valence-electron chi connectivity index (χ0n) is 16.4. The molecule has 0 atom stereocenters. The first-order valence-corrected chi connectivity index (χ1v) is 9.51. The van der Waals surface area contributed by atoms with Crippen molar-refractivity contribution >= 4 is 14.0 Å². The minimum atomic E-state index is -0.487. The van der Waals surface area contributed by atoms with Gasteiger partial charge in [0.15, 0.2) is 5.75 Å². The van der Waals surface area contributed by atoms with Crippen LogP contribution in [0.25, 0.3) is 0 Å². The summed E-state index contributed by atoms with van der Waals surface area (Å²) in [5.74, 6) is 0.499. The lowest BCUT2D eigenvalue weighted by molar-refractivity contribution is -0.608. The van der Waals surface area contributed by atoms with Crippen LogP contribution in [0.4, 0.5) is 0 Å². The number of nitrogens with one attached hydrogen (secondary N) is 1. The molecule has 3 rings (SSSR count). The monoisotopic (exact) mass is 397 g/mol. The van der Waals surface area contributed by atoms with Gasteiger partial charge in [-0.2, -0.15) is 4.73 Å². The number of hydrogen-bond acceptors (Lipinski definition) is 6. The summed E-state index contributed by atoms with van der Waals surface area (Å²) in [6, 6.07) is 8.58.